The average Bonchev–Trinajstić information content (AvgIpc) is 3.19. The fourth-order valence-corrected chi connectivity index (χ4v) is 6.34. The first-order valence-electron chi connectivity index (χ1n) is 12.2. The smallest absolute Gasteiger partial charge is 0.320 e. The van der Waals surface area contributed by atoms with Gasteiger partial charge in [0.2, 0.25) is 0 Å². The van der Waals surface area contributed by atoms with Gasteiger partial charge in [-0.15, -0.1) is 0 Å². The topological polar surface area (TPSA) is 78.9 Å². The molecule has 35 heavy (non-hydrogen) atoms. The molecule has 3 atom stereocenters. The lowest BCUT2D eigenvalue weighted by atomic mass is 9.48. The van der Waals surface area contributed by atoms with Gasteiger partial charge in [-0.2, -0.15) is 0 Å². The van der Waals surface area contributed by atoms with Crippen molar-refractivity contribution >= 4 is 17.9 Å². The Kier molecular flexibility index (Phi) is 5.99. The average molecular weight is 475 g/mol. The van der Waals surface area contributed by atoms with E-state index in [1.54, 1.807) is 0 Å². The number of esters is 3. The lowest BCUT2D eigenvalue weighted by Crippen LogP contribution is -2.66. The maximum atomic E-state index is 13.9. The Morgan fingerprint density at radius 3 is 2.09 bits per heavy atom. The van der Waals surface area contributed by atoms with Gasteiger partial charge in [-0.1, -0.05) is 78.7 Å². The zero-order valence-electron chi connectivity index (χ0n) is 20.0. The number of hydrogen-bond donors (Lipinski definition) is 0. The Morgan fingerprint density at radius 1 is 0.857 bits per heavy atom. The Hall–Kier alpha value is -3.41. The second kappa shape index (κ2) is 8.99. The van der Waals surface area contributed by atoms with E-state index in [0.29, 0.717) is 32.1 Å². The molecule has 2 aliphatic carbocycles. The first kappa shape index (κ1) is 23.3. The molecule has 1 saturated carbocycles. The normalized spacial score (nSPS) is 29.3. The molecule has 182 valence electrons. The number of carbonyl (C=O) groups is 3. The Balaban J connectivity index is 1.50. The molecule has 6 nitrogen and oxygen atoms in total. The number of hydrogen-bond acceptors (Lipinski definition) is 6. The molecule has 1 aliphatic heterocycles. The summed E-state index contributed by atoms with van der Waals surface area (Å²) in [6, 6.07) is 18.9. The quantitative estimate of drug-likeness (QED) is 0.331. The number of allylic oxidation sites excluding steroid dienone is 1. The molecule has 1 spiro atoms. The van der Waals surface area contributed by atoms with Crippen molar-refractivity contribution in [1.29, 1.82) is 0 Å². The van der Waals surface area contributed by atoms with Gasteiger partial charge in [0.05, 0.1) is 6.42 Å². The minimum atomic E-state index is -1.31. The lowest BCUT2D eigenvalue weighted by Gasteiger charge is -2.56. The summed E-state index contributed by atoms with van der Waals surface area (Å²) in [5.74, 6) is -1.38. The Morgan fingerprint density at radius 2 is 1.46 bits per heavy atom. The maximum Gasteiger partial charge on any atom is 0.320 e. The van der Waals surface area contributed by atoms with E-state index >= 15 is 0 Å². The van der Waals surface area contributed by atoms with Gasteiger partial charge in [0.15, 0.2) is 0 Å². The Labute approximate surface area is 205 Å². The van der Waals surface area contributed by atoms with Crippen molar-refractivity contribution in [3.05, 3.63) is 83.4 Å². The minimum Gasteiger partial charge on any atom is -0.460 e. The van der Waals surface area contributed by atoms with E-state index in [1.807, 2.05) is 73.7 Å². The van der Waals surface area contributed by atoms with Crippen LogP contribution in [0.15, 0.2) is 72.3 Å². The van der Waals surface area contributed by atoms with Crippen LogP contribution in [0.5, 0.6) is 0 Å². The predicted octanol–water partition coefficient (Wildman–Crippen LogP) is 5.06. The summed E-state index contributed by atoms with van der Waals surface area (Å²) in [5.41, 5.74) is -0.990. The summed E-state index contributed by atoms with van der Waals surface area (Å²) in [6.45, 7) is 2.19. The molecule has 0 bridgehead atoms. The fraction of sp³-hybridized carbons (Fsp3) is 0.414. The van der Waals surface area contributed by atoms with E-state index in [-0.39, 0.29) is 19.6 Å². The molecule has 5 rings (SSSR count). The van der Waals surface area contributed by atoms with Gasteiger partial charge in [-0.3, -0.25) is 14.4 Å². The SMILES string of the molecule is CC1=CC2(C(=O)OCc3ccccc3)CCCC3(C(=O)OCc4ccccc4)CC(=O)O[C@@]23CC1. The third kappa shape index (κ3) is 3.76. The molecule has 3 aliphatic rings. The van der Waals surface area contributed by atoms with Gasteiger partial charge in [-0.05, 0) is 43.7 Å². The molecule has 2 unspecified atom stereocenters. The molecule has 0 aromatic heterocycles. The zero-order chi connectivity index (χ0) is 24.5. The van der Waals surface area contributed by atoms with Gasteiger partial charge in [0, 0.05) is 0 Å². The van der Waals surface area contributed by atoms with Crippen LogP contribution in [0.25, 0.3) is 0 Å². The molecular weight excluding hydrogens is 444 g/mol. The van der Waals surface area contributed by atoms with Crippen LogP contribution in [-0.4, -0.2) is 23.5 Å². The van der Waals surface area contributed by atoms with Gasteiger partial charge < -0.3 is 14.2 Å². The fourth-order valence-electron chi connectivity index (χ4n) is 6.34. The molecule has 2 aromatic carbocycles. The first-order valence-corrected chi connectivity index (χ1v) is 12.2. The predicted molar refractivity (Wildman–Crippen MR) is 128 cm³/mol. The third-order valence-electron chi connectivity index (χ3n) is 7.95. The Bertz CT molecular complexity index is 1160. The molecule has 2 aromatic rings. The number of carbonyl (C=O) groups excluding carboxylic acids is 3. The van der Waals surface area contributed by atoms with E-state index in [4.69, 9.17) is 14.2 Å². The molecule has 6 heteroatoms. The van der Waals surface area contributed by atoms with Crippen LogP contribution in [0.4, 0.5) is 0 Å². The standard InChI is InChI=1S/C29H30O6/c1-21-13-16-29-27(17-21,25(31)33-19-22-9-4-2-5-10-22)14-8-15-28(29,18-24(30)35-29)26(32)34-20-23-11-6-3-7-12-23/h2-7,9-12,17H,8,13-16,18-20H2,1H3/t27?,28?,29-/m0/s1. The lowest BCUT2D eigenvalue weighted by molar-refractivity contribution is -0.213. The van der Waals surface area contributed by atoms with Crippen LogP contribution in [0.1, 0.15) is 56.6 Å². The number of ether oxygens (including phenoxy) is 3. The van der Waals surface area contributed by atoms with Gasteiger partial charge >= 0.3 is 17.9 Å². The van der Waals surface area contributed by atoms with Crippen molar-refractivity contribution in [2.75, 3.05) is 0 Å². The van der Waals surface area contributed by atoms with Crippen LogP contribution in [0.3, 0.4) is 0 Å². The first-order chi connectivity index (χ1) is 16.9. The monoisotopic (exact) mass is 474 g/mol. The highest BCUT2D eigenvalue weighted by Crippen LogP contribution is 2.66. The summed E-state index contributed by atoms with van der Waals surface area (Å²) < 4.78 is 17.7. The van der Waals surface area contributed by atoms with Crippen molar-refractivity contribution < 1.29 is 28.6 Å². The van der Waals surface area contributed by atoms with E-state index < -0.39 is 34.3 Å². The minimum absolute atomic E-state index is 0.0821. The molecule has 2 fully saturated rings. The van der Waals surface area contributed by atoms with Gasteiger partial charge in [0.1, 0.15) is 29.6 Å². The van der Waals surface area contributed by atoms with Crippen molar-refractivity contribution in [3.63, 3.8) is 0 Å². The van der Waals surface area contributed by atoms with Crippen molar-refractivity contribution in [2.45, 2.75) is 64.3 Å². The van der Waals surface area contributed by atoms with E-state index in [2.05, 4.69) is 0 Å². The summed E-state index contributed by atoms with van der Waals surface area (Å²) in [4.78, 5) is 40.5. The molecule has 0 amide bonds. The second-order valence-corrected chi connectivity index (χ2v) is 10.00. The van der Waals surface area contributed by atoms with Gasteiger partial charge in [-0.25, -0.2) is 0 Å². The van der Waals surface area contributed by atoms with Gasteiger partial charge in [0.25, 0.3) is 0 Å². The largest absolute Gasteiger partial charge is 0.460 e. The highest BCUT2D eigenvalue weighted by molar-refractivity contribution is 5.93. The maximum absolute atomic E-state index is 13.9. The summed E-state index contributed by atoms with van der Waals surface area (Å²) in [6.07, 6.45) is 4.33. The van der Waals surface area contributed by atoms with Crippen molar-refractivity contribution in [1.82, 2.24) is 0 Å². The number of rotatable bonds is 6. The van der Waals surface area contributed by atoms with Crippen LogP contribution < -0.4 is 0 Å². The zero-order valence-corrected chi connectivity index (χ0v) is 20.0. The van der Waals surface area contributed by atoms with Crippen LogP contribution in [0.2, 0.25) is 0 Å². The molecule has 0 radical (unpaired) electrons. The molecule has 1 saturated heterocycles. The summed E-state index contributed by atoms with van der Waals surface area (Å²) in [7, 11) is 0. The molecule has 0 N–H and O–H groups in total. The highest BCUT2D eigenvalue weighted by atomic mass is 16.6. The second-order valence-electron chi connectivity index (χ2n) is 10.00. The van der Waals surface area contributed by atoms with Crippen molar-refractivity contribution in [3.8, 4) is 0 Å². The van der Waals surface area contributed by atoms with Crippen LogP contribution in [-0.2, 0) is 41.8 Å². The molecule has 1 heterocycles. The van der Waals surface area contributed by atoms with Crippen LogP contribution in [0, 0.1) is 10.8 Å². The van der Waals surface area contributed by atoms with Crippen LogP contribution >= 0.6 is 0 Å². The van der Waals surface area contributed by atoms with E-state index in [9.17, 15) is 14.4 Å². The summed E-state index contributed by atoms with van der Waals surface area (Å²) >= 11 is 0. The highest BCUT2D eigenvalue weighted by Gasteiger charge is 2.77. The summed E-state index contributed by atoms with van der Waals surface area (Å²) in [5, 5.41) is 0. The number of benzene rings is 2. The third-order valence-corrected chi connectivity index (χ3v) is 7.95. The molecular formula is C29H30O6. The van der Waals surface area contributed by atoms with E-state index in [0.717, 1.165) is 16.7 Å². The van der Waals surface area contributed by atoms with E-state index in [1.165, 1.54) is 0 Å². The van der Waals surface area contributed by atoms with Crippen molar-refractivity contribution in [2.24, 2.45) is 10.8 Å².